The van der Waals surface area contributed by atoms with E-state index >= 15 is 0 Å². The molecule has 0 spiro atoms. The molecule has 0 saturated carbocycles. The quantitative estimate of drug-likeness (QED) is 0.678. The Hall–Kier alpha value is -2.24. The summed E-state index contributed by atoms with van der Waals surface area (Å²) in [6.45, 7) is 0. The van der Waals surface area contributed by atoms with E-state index < -0.39 is 5.97 Å². The molecule has 0 N–H and O–H groups in total. The summed E-state index contributed by atoms with van der Waals surface area (Å²) in [6, 6.07) is 1.48. The molecule has 0 amide bonds. The number of rotatable bonds is 2. The van der Waals surface area contributed by atoms with Crippen molar-refractivity contribution in [1.82, 2.24) is 15.1 Å². The van der Waals surface area contributed by atoms with E-state index in [4.69, 9.17) is 4.52 Å². The number of esters is 1. The number of carbonyl (C=O) groups excluding carboxylic acids is 1. The van der Waals surface area contributed by atoms with Gasteiger partial charge in [-0.3, -0.25) is 0 Å². The number of aromatic nitrogens is 3. The van der Waals surface area contributed by atoms with Crippen LogP contribution in [0.2, 0.25) is 0 Å². The zero-order valence-corrected chi connectivity index (χ0v) is 7.88. The molecule has 2 rings (SSSR count). The third kappa shape index (κ3) is 1.83. The maximum absolute atomic E-state index is 11.1. The van der Waals surface area contributed by atoms with Gasteiger partial charge in [-0.25, -0.2) is 14.8 Å². The van der Waals surface area contributed by atoms with Crippen molar-refractivity contribution >= 4 is 5.97 Å². The van der Waals surface area contributed by atoms with Gasteiger partial charge in [-0.05, 0) is 0 Å². The molecular formula is C9H7N3O3. The second-order valence-electron chi connectivity index (χ2n) is 2.70. The molecule has 0 bridgehead atoms. The van der Waals surface area contributed by atoms with Crippen LogP contribution in [0.25, 0.3) is 11.3 Å². The first-order chi connectivity index (χ1) is 7.31. The summed E-state index contributed by atoms with van der Waals surface area (Å²) in [7, 11) is 1.28. The maximum atomic E-state index is 11.1. The molecule has 6 nitrogen and oxygen atoms in total. The first-order valence-corrected chi connectivity index (χ1v) is 4.11. The minimum atomic E-state index is -0.540. The Bertz CT molecular complexity index is 466. The second-order valence-corrected chi connectivity index (χ2v) is 2.70. The van der Waals surface area contributed by atoms with Crippen LogP contribution in [0.15, 0.2) is 29.3 Å². The van der Waals surface area contributed by atoms with Gasteiger partial charge in [0.25, 0.3) is 0 Å². The molecule has 6 heteroatoms. The fraction of sp³-hybridized carbons (Fsp3) is 0.111. The normalized spacial score (nSPS) is 9.93. The smallest absolute Gasteiger partial charge is 0.360 e. The summed E-state index contributed by atoms with van der Waals surface area (Å²) in [5, 5.41) is 3.56. The fourth-order valence-corrected chi connectivity index (χ4v) is 1.04. The highest BCUT2D eigenvalue weighted by atomic mass is 16.5. The molecule has 0 saturated heterocycles. The van der Waals surface area contributed by atoms with Crippen LogP contribution in [-0.4, -0.2) is 28.2 Å². The minimum absolute atomic E-state index is 0.122. The number of carbonyl (C=O) groups is 1. The van der Waals surface area contributed by atoms with Crippen molar-refractivity contribution in [2.24, 2.45) is 0 Å². The molecule has 0 aliphatic rings. The lowest BCUT2D eigenvalue weighted by Gasteiger charge is -1.90. The van der Waals surface area contributed by atoms with E-state index in [0.29, 0.717) is 11.3 Å². The van der Waals surface area contributed by atoms with Crippen molar-refractivity contribution in [2.45, 2.75) is 0 Å². The molecule has 76 valence electrons. The molecule has 0 aliphatic heterocycles. The van der Waals surface area contributed by atoms with Gasteiger partial charge in [0.05, 0.1) is 12.7 Å². The lowest BCUT2D eigenvalue weighted by Crippen LogP contribution is -2.00. The van der Waals surface area contributed by atoms with Crippen LogP contribution < -0.4 is 0 Å². The maximum Gasteiger partial charge on any atom is 0.360 e. The monoisotopic (exact) mass is 205 g/mol. The van der Waals surface area contributed by atoms with E-state index in [-0.39, 0.29) is 5.69 Å². The Morgan fingerprint density at radius 1 is 1.40 bits per heavy atom. The van der Waals surface area contributed by atoms with Crippen molar-refractivity contribution in [3.8, 4) is 11.3 Å². The van der Waals surface area contributed by atoms with Gasteiger partial charge in [0.2, 0.25) is 0 Å². The summed E-state index contributed by atoms with van der Waals surface area (Å²) in [5.74, 6) is -0.113. The summed E-state index contributed by atoms with van der Waals surface area (Å²) in [4.78, 5) is 18.7. The van der Waals surface area contributed by atoms with E-state index in [1.54, 1.807) is 12.4 Å². The Kier molecular flexibility index (Phi) is 2.40. The summed E-state index contributed by atoms with van der Waals surface area (Å²) in [6.07, 6.45) is 4.53. The lowest BCUT2D eigenvalue weighted by molar-refractivity contribution is 0.0589. The minimum Gasteiger partial charge on any atom is -0.464 e. The van der Waals surface area contributed by atoms with Gasteiger partial charge in [0.1, 0.15) is 6.33 Å². The standard InChI is InChI=1S/C9H7N3O3/c1-14-9(13)7-2-8(15-12-7)6-3-10-5-11-4-6/h2-5H,1H3. The van der Waals surface area contributed by atoms with Crippen LogP contribution in [0.4, 0.5) is 0 Å². The zero-order valence-electron chi connectivity index (χ0n) is 7.88. The van der Waals surface area contributed by atoms with Crippen LogP contribution in [0.3, 0.4) is 0 Å². The zero-order chi connectivity index (χ0) is 10.7. The van der Waals surface area contributed by atoms with Crippen molar-refractivity contribution in [1.29, 1.82) is 0 Å². The molecule has 0 unspecified atom stereocenters. The molecule has 2 aromatic heterocycles. The predicted molar refractivity (Wildman–Crippen MR) is 48.9 cm³/mol. The summed E-state index contributed by atoms with van der Waals surface area (Å²) < 4.78 is 9.44. The van der Waals surface area contributed by atoms with Gasteiger partial charge in [0, 0.05) is 18.5 Å². The third-order valence-corrected chi connectivity index (χ3v) is 1.75. The number of methoxy groups -OCH3 is 1. The first kappa shape index (κ1) is 9.32. The SMILES string of the molecule is COC(=O)c1cc(-c2cncnc2)on1. The molecule has 0 aromatic carbocycles. The van der Waals surface area contributed by atoms with Gasteiger partial charge >= 0.3 is 5.97 Å². The lowest BCUT2D eigenvalue weighted by atomic mass is 10.2. The van der Waals surface area contributed by atoms with Gasteiger partial charge in [-0.2, -0.15) is 0 Å². The first-order valence-electron chi connectivity index (χ1n) is 4.11. The Morgan fingerprint density at radius 2 is 2.13 bits per heavy atom. The second kappa shape index (κ2) is 3.87. The van der Waals surface area contributed by atoms with E-state index in [2.05, 4.69) is 19.9 Å². The molecular weight excluding hydrogens is 198 g/mol. The van der Waals surface area contributed by atoms with Crippen LogP contribution in [0.1, 0.15) is 10.5 Å². The van der Waals surface area contributed by atoms with E-state index in [1.165, 1.54) is 19.5 Å². The van der Waals surface area contributed by atoms with Gasteiger partial charge in [-0.15, -0.1) is 0 Å². The highest BCUT2D eigenvalue weighted by Crippen LogP contribution is 2.18. The van der Waals surface area contributed by atoms with Crippen molar-refractivity contribution in [3.05, 3.63) is 30.5 Å². The number of nitrogens with zero attached hydrogens (tertiary/aromatic N) is 3. The fourth-order valence-electron chi connectivity index (χ4n) is 1.04. The highest BCUT2D eigenvalue weighted by Gasteiger charge is 2.13. The Labute approximate surface area is 84.9 Å². The van der Waals surface area contributed by atoms with Gasteiger partial charge in [-0.1, -0.05) is 5.16 Å². The molecule has 0 atom stereocenters. The molecule has 0 fully saturated rings. The molecule has 0 aliphatic carbocycles. The van der Waals surface area contributed by atoms with Crippen LogP contribution in [-0.2, 0) is 4.74 Å². The molecule has 2 heterocycles. The predicted octanol–water partition coefficient (Wildman–Crippen LogP) is 0.918. The summed E-state index contributed by atoms with van der Waals surface area (Å²) >= 11 is 0. The average molecular weight is 205 g/mol. The Morgan fingerprint density at radius 3 is 2.80 bits per heavy atom. The molecule has 2 aromatic rings. The Balaban J connectivity index is 2.32. The van der Waals surface area contributed by atoms with Gasteiger partial charge < -0.3 is 9.26 Å². The van der Waals surface area contributed by atoms with Crippen molar-refractivity contribution in [3.63, 3.8) is 0 Å². The van der Waals surface area contributed by atoms with Crippen molar-refractivity contribution in [2.75, 3.05) is 7.11 Å². The van der Waals surface area contributed by atoms with Crippen molar-refractivity contribution < 1.29 is 14.1 Å². The topological polar surface area (TPSA) is 78.1 Å². The number of hydrogen-bond donors (Lipinski definition) is 0. The molecule has 15 heavy (non-hydrogen) atoms. The number of hydrogen-bond acceptors (Lipinski definition) is 6. The average Bonchev–Trinajstić information content (AvgIpc) is 2.78. The number of ether oxygens (including phenoxy) is 1. The van der Waals surface area contributed by atoms with E-state index in [9.17, 15) is 4.79 Å². The van der Waals surface area contributed by atoms with Crippen LogP contribution >= 0.6 is 0 Å². The molecule has 0 radical (unpaired) electrons. The van der Waals surface area contributed by atoms with Gasteiger partial charge in [0.15, 0.2) is 11.5 Å². The highest BCUT2D eigenvalue weighted by molar-refractivity contribution is 5.88. The largest absolute Gasteiger partial charge is 0.464 e. The van der Waals surface area contributed by atoms with E-state index in [1.807, 2.05) is 0 Å². The van der Waals surface area contributed by atoms with Crippen LogP contribution in [0.5, 0.6) is 0 Å². The third-order valence-electron chi connectivity index (χ3n) is 1.75. The van der Waals surface area contributed by atoms with Crippen LogP contribution in [0, 0.1) is 0 Å². The summed E-state index contributed by atoms with van der Waals surface area (Å²) in [5.41, 5.74) is 0.775. The van der Waals surface area contributed by atoms with E-state index in [0.717, 1.165) is 0 Å².